The molecular formula is C12H11F6N5O. The zero-order chi connectivity index (χ0) is 18.1. The molecule has 1 aliphatic heterocycles. The van der Waals surface area contributed by atoms with Crippen molar-refractivity contribution in [2.45, 2.75) is 44.4 Å². The van der Waals surface area contributed by atoms with Crippen LogP contribution in [0, 0.1) is 0 Å². The van der Waals surface area contributed by atoms with E-state index in [0.717, 1.165) is 15.3 Å². The lowest BCUT2D eigenvalue weighted by Gasteiger charge is -2.31. The Bertz CT molecular complexity index is 787. The summed E-state index contributed by atoms with van der Waals surface area (Å²) in [5.74, 6) is -2.20. The van der Waals surface area contributed by atoms with Gasteiger partial charge in [-0.3, -0.25) is 4.57 Å². The van der Waals surface area contributed by atoms with Crippen molar-refractivity contribution in [2.24, 2.45) is 0 Å². The Morgan fingerprint density at radius 3 is 2.29 bits per heavy atom. The van der Waals surface area contributed by atoms with Crippen LogP contribution in [0.2, 0.25) is 0 Å². The van der Waals surface area contributed by atoms with Gasteiger partial charge < -0.3 is 9.67 Å². The minimum Gasteiger partial charge on any atom is -0.374 e. The van der Waals surface area contributed by atoms with E-state index in [1.807, 2.05) is 0 Å². The Hall–Kier alpha value is -2.11. The first kappa shape index (κ1) is 16.7. The second-order valence-electron chi connectivity index (χ2n) is 5.71. The Kier molecular flexibility index (Phi) is 3.28. The van der Waals surface area contributed by atoms with Crippen LogP contribution in [-0.4, -0.2) is 35.6 Å². The van der Waals surface area contributed by atoms with Gasteiger partial charge in [-0.25, -0.2) is 4.98 Å². The quantitative estimate of drug-likeness (QED) is 0.798. The number of hydrogen-bond donors (Lipinski definition) is 1. The third-order valence-electron chi connectivity index (χ3n) is 3.91. The van der Waals surface area contributed by atoms with Crippen molar-refractivity contribution < 1.29 is 31.4 Å². The third-order valence-corrected chi connectivity index (χ3v) is 3.91. The van der Waals surface area contributed by atoms with Crippen LogP contribution in [0.15, 0.2) is 6.20 Å². The molecule has 3 rings (SSSR count). The number of halogens is 6. The number of fused-ring (bicyclic) bond motifs is 3. The third kappa shape index (κ3) is 2.19. The zero-order valence-corrected chi connectivity index (χ0v) is 12.3. The number of alkyl halides is 6. The normalized spacial score (nSPS) is 20.5. The molecule has 1 N–H and O–H groups in total. The van der Waals surface area contributed by atoms with Crippen molar-refractivity contribution in [3.8, 4) is 11.5 Å². The lowest BCUT2D eigenvalue weighted by atomic mass is 10.0. The Balaban J connectivity index is 2.19. The smallest absolute Gasteiger partial charge is 0.374 e. The summed E-state index contributed by atoms with van der Waals surface area (Å²) < 4.78 is 79.8. The molecule has 12 heteroatoms. The fraction of sp³-hybridized carbons (Fsp3) is 0.583. The van der Waals surface area contributed by atoms with Crippen LogP contribution < -0.4 is 0 Å². The van der Waals surface area contributed by atoms with Crippen LogP contribution in [0.4, 0.5) is 26.3 Å². The minimum atomic E-state index is -5.00. The SMILES string of the molecule is C[C@H]1Cn2c(nnc2C(F)(F)F)-c2cnc([C@@](C)(O)C(F)(F)F)n21. The average molecular weight is 355 g/mol. The average Bonchev–Trinajstić information content (AvgIpc) is 2.99. The minimum absolute atomic E-state index is 0.0729. The first-order chi connectivity index (χ1) is 10.9. The van der Waals surface area contributed by atoms with E-state index < -0.39 is 35.6 Å². The molecule has 3 heterocycles. The van der Waals surface area contributed by atoms with Gasteiger partial charge >= 0.3 is 12.4 Å². The van der Waals surface area contributed by atoms with Gasteiger partial charge in [-0.1, -0.05) is 0 Å². The maximum absolute atomic E-state index is 13.1. The highest BCUT2D eigenvalue weighted by atomic mass is 19.4. The molecule has 1 aliphatic rings. The van der Waals surface area contributed by atoms with Crippen LogP contribution in [0.5, 0.6) is 0 Å². The molecule has 132 valence electrons. The van der Waals surface area contributed by atoms with Crippen molar-refractivity contribution in [3.63, 3.8) is 0 Å². The Morgan fingerprint density at radius 1 is 1.12 bits per heavy atom. The number of imidazole rings is 1. The summed E-state index contributed by atoms with van der Waals surface area (Å²) >= 11 is 0. The number of rotatable bonds is 1. The second-order valence-corrected chi connectivity index (χ2v) is 5.71. The van der Waals surface area contributed by atoms with Crippen molar-refractivity contribution in [1.29, 1.82) is 0 Å². The van der Waals surface area contributed by atoms with E-state index in [4.69, 9.17) is 0 Å². The molecule has 0 saturated carbocycles. The Morgan fingerprint density at radius 2 is 1.75 bits per heavy atom. The van der Waals surface area contributed by atoms with Gasteiger partial charge in [-0.2, -0.15) is 26.3 Å². The number of aromatic nitrogens is 5. The molecule has 24 heavy (non-hydrogen) atoms. The topological polar surface area (TPSA) is 68.8 Å². The van der Waals surface area contributed by atoms with Crippen LogP contribution in [0.3, 0.4) is 0 Å². The monoisotopic (exact) mass is 355 g/mol. The fourth-order valence-corrected chi connectivity index (χ4v) is 2.68. The summed E-state index contributed by atoms with van der Waals surface area (Å²) in [7, 11) is 0. The second kappa shape index (κ2) is 4.71. The van der Waals surface area contributed by atoms with Gasteiger partial charge in [-0.15, -0.1) is 10.2 Å². The molecule has 0 spiro atoms. The van der Waals surface area contributed by atoms with Gasteiger partial charge in [0.1, 0.15) is 5.69 Å². The van der Waals surface area contributed by atoms with Crippen LogP contribution in [0.25, 0.3) is 11.5 Å². The van der Waals surface area contributed by atoms with Crippen molar-refractivity contribution >= 4 is 0 Å². The van der Waals surface area contributed by atoms with Gasteiger partial charge in [0.05, 0.1) is 12.2 Å². The summed E-state index contributed by atoms with van der Waals surface area (Å²) in [6, 6.07) is -0.823. The van der Waals surface area contributed by atoms with E-state index in [1.165, 1.54) is 6.92 Å². The van der Waals surface area contributed by atoms with Crippen LogP contribution in [-0.2, 0) is 18.3 Å². The molecule has 0 bridgehead atoms. The molecule has 0 unspecified atom stereocenters. The molecule has 2 aromatic heterocycles. The first-order valence-electron chi connectivity index (χ1n) is 6.73. The zero-order valence-electron chi connectivity index (χ0n) is 12.3. The highest BCUT2D eigenvalue weighted by Gasteiger charge is 2.55. The predicted molar refractivity (Wildman–Crippen MR) is 66.6 cm³/mol. The maximum Gasteiger partial charge on any atom is 0.451 e. The molecular weight excluding hydrogens is 344 g/mol. The fourth-order valence-electron chi connectivity index (χ4n) is 2.68. The molecule has 2 aromatic rings. The lowest BCUT2D eigenvalue weighted by Crippen LogP contribution is -2.42. The van der Waals surface area contributed by atoms with Gasteiger partial charge in [-0.05, 0) is 13.8 Å². The van der Waals surface area contributed by atoms with Gasteiger partial charge in [0.2, 0.25) is 11.4 Å². The van der Waals surface area contributed by atoms with Gasteiger partial charge in [0.15, 0.2) is 11.6 Å². The summed E-state index contributed by atoms with van der Waals surface area (Å²) in [4.78, 5) is 3.59. The standard InChI is InChI=1S/C12H11F6N5O/c1-5-4-22-7(20-21-9(22)11(13,14)15)6-3-19-8(23(5)6)10(2,24)12(16,17)18/h3,5,24H,4H2,1-2H3/t5-,10+/m0/s1. The molecule has 6 nitrogen and oxygen atoms in total. The van der Waals surface area contributed by atoms with E-state index in [2.05, 4.69) is 15.2 Å². The van der Waals surface area contributed by atoms with Crippen LogP contribution in [0.1, 0.15) is 31.5 Å². The first-order valence-corrected chi connectivity index (χ1v) is 6.73. The van der Waals surface area contributed by atoms with Gasteiger partial charge in [0, 0.05) is 6.54 Å². The lowest BCUT2D eigenvalue weighted by molar-refractivity contribution is -0.262. The van der Waals surface area contributed by atoms with E-state index in [0.29, 0.717) is 6.92 Å². The van der Waals surface area contributed by atoms with Gasteiger partial charge in [0.25, 0.3) is 0 Å². The highest BCUT2D eigenvalue weighted by Crippen LogP contribution is 2.42. The molecule has 0 aromatic carbocycles. The summed E-state index contributed by atoms with van der Waals surface area (Å²) in [6.07, 6.45) is -8.80. The number of aliphatic hydroxyl groups is 1. The van der Waals surface area contributed by atoms with E-state index in [1.54, 1.807) is 0 Å². The van der Waals surface area contributed by atoms with E-state index >= 15 is 0 Å². The van der Waals surface area contributed by atoms with E-state index in [-0.39, 0.29) is 18.1 Å². The summed E-state index contributed by atoms with van der Waals surface area (Å²) in [5, 5.41) is 16.3. The molecule has 0 aliphatic carbocycles. The Labute approximate surface area is 130 Å². The van der Waals surface area contributed by atoms with Crippen molar-refractivity contribution in [3.05, 3.63) is 17.8 Å². The van der Waals surface area contributed by atoms with Crippen LogP contribution >= 0.6 is 0 Å². The largest absolute Gasteiger partial charge is 0.451 e. The maximum atomic E-state index is 13.1. The molecule has 0 amide bonds. The molecule has 0 radical (unpaired) electrons. The number of nitrogens with zero attached hydrogens (tertiary/aromatic N) is 5. The van der Waals surface area contributed by atoms with Crippen molar-refractivity contribution in [2.75, 3.05) is 0 Å². The summed E-state index contributed by atoms with van der Waals surface area (Å²) in [5.41, 5.74) is -3.33. The van der Waals surface area contributed by atoms with E-state index in [9.17, 15) is 31.4 Å². The molecule has 2 atom stereocenters. The molecule has 0 fully saturated rings. The highest BCUT2D eigenvalue weighted by molar-refractivity contribution is 5.52. The molecule has 0 saturated heterocycles. The summed E-state index contributed by atoms with van der Waals surface area (Å²) in [6.45, 7) is 1.65. The number of hydrogen-bond acceptors (Lipinski definition) is 4. The predicted octanol–water partition coefficient (Wildman–Crippen LogP) is 2.50. The van der Waals surface area contributed by atoms with Crippen molar-refractivity contribution in [1.82, 2.24) is 24.3 Å².